The van der Waals surface area contributed by atoms with Gasteiger partial charge in [-0.2, -0.15) is 5.10 Å². The molecule has 0 bridgehead atoms. The summed E-state index contributed by atoms with van der Waals surface area (Å²) >= 11 is 0. The predicted octanol–water partition coefficient (Wildman–Crippen LogP) is 4.79. The highest BCUT2D eigenvalue weighted by Crippen LogP contribution is 2.34. The summed E-state index contributed by atoms with van der Waals surface area (Å²) in [4.78, 5) is 2.14. The maximum atomic E-state index is 13.8. The van der Waals surface area contributed by atoms with E-state index in [-0.39, 0.29) is 18.5 Å². The first-order valence-corrected chi connectivity index (χ1v) is 11.0. The molecule has 1 atom stereocenters. The highest BCUT2D eigenvalue weighted by Gasteiger charge is 2.24. The highest BCUT2D eigenvalue weighted by atomic mass is 19.1. The van der Waals surface area contributed by atoms with Crippen molar-refractivity contribution in [3.8, 4) is 22.9 Å². The molecule has 33 heavy (non-hydrogen) atoms. The van der Waals surface area contributed by atoms with E-state index in [2.05, 4.69) is 25.3 Å². The van der Waals surface area contributed by atoms with Crippen LogP contribution < -0.4 is 4.74 Å². The standard InChI is InChI=1S/C26H32FN3O3/c1-5-14-32-18-22(31)16-30(19(2)3)17-24-25(20-10-7-6-8-11-20)28-29(4)26(24)33-23-13-9-12-21(27)15-23/h5-13,15,19,22,31H,1,14,16-18H2,2-4H3/t22-/m1/s1. The number of aryl methyl sites for hydroxylation is 1. The van der Waals surface area contributed by atoms with Crippen LogP contribution >= 0.6 is 0 Å². The van der Waals surface area contributed by atoms with Crippen molar-refractivity contribution in [3.05, 3.63) is 78.6 Å². The Kier molecular flexibility index (Phi) is 8.77. The third-order valence-electron chi connectivity index (χ3n) is 5.23. The van der Waals surface area contributed by atoms with Gasteiger partial charge in [0.25, 0.3) is 0 Å². The van der Waals surface area contributed by atoms with E-state index in [1.165, 1.54) is 12.1 Å². The molecule has 3 rings (SSSR count). The van der Waals surface area contributed by atoms with Gasteiger partial charge in [0.1, 0.15) is 17.3 Å². The second-order valence-electron chi connectivity index (χ2n) is 8.18. The molecule has 0 saturated heterocycles. The molecule has 6 nitrogen and oxygen atoms in total. The maximum Gasteiger partial charge on any atom is 0.222 e. The van der Waals surface area contributed by atoms with Crippen molar-refractivity contribution in [1.29, 1.82) is 0 Å². The third-order valence-corrected chi connectivity index (χ3v) is 5.23. The fourth-order valence-corrected chi connectivity index (χ4v) is 3.56. The fraction of sp³-hybridized carbons (Fsp3) is 0.346. The lowest BCUT2D eigenvalue weighted by Crippen LogP contribution is -2.39. The first-order chi connectivity index (χ1) is 15.9. The summed E-state index contributed by atoms with van der Waals surface area (Å²) in [5.74, 6) is 0.557. The van der Waals surface area contributed by atoms with Gasteiger partial charge in [-0.05, 0) is 26.0 Å². The van der Waals surface area contributed by atoms with Gasteiger partial charge in [0, 0.05) is 37.8 Å². The van der Waals surface area contributed by atoms with Crippen LogP contribution in [0.3, 0.4) is 0 Å². The van der Waals surface area contributed by atoms with Gasteiger partial charge in [0.05, 0.1) is 24.9 Å². The Balaban J connectivity index is 1.95. The molecule has 176 valence electrons. The van der Waals surface area contributed by atoms with Crippen molar-refractivity contribution >= 4 is 0 Å². The number of halogens is 1. The molecule has 3 aromatic rings. The smallest absolute Gasteiger partial charge is 0.222 e. The van der Waals surface area contributed by atoms with Gasteiger partial charge < -0.3 is 14.6 Å². The molecule has 7 heteroatoms. The van der Waals surface area contributed by atoms with Crippen LogP contribution in [0, 0.1) is 5.82 Å². The van der Waals surface area contributed by atoms with Gasteiger partial charge in [-0.25, -0.2) is 9.07 Å². The first kappa shape index (κ1) is 24.6. The Labute approximate surface area is 194 Å². The summed E-state index contributed by atoms with van der Waals surface area (Å²) in [6, 6.07) is 16.1. The minimum Gasteiger partial charge on any atom is -0.439 e. The van der Waals surface area contributed by atoms with Crippen LogP contribution in [0.15, 0.2) is 67.3 Å². The van der Waals surface area contributed by atoms with Gasteiger partial charge in [0.2, 0.25) is 5.88 Å². The van der Waals surface area contributed by atoms with E-state index < -0.39 is 6.10 Å². The SMILES string of the molecule is C=CCOC[C@H](O)CN(Cc1c(-c2ccccc2)nn(C)c1Oc1cccc(F)c1)C(C)C. The van der Waals surface area contributed by atoms with E-state index in [0.29, 0.717) is 31.3 Å². The fourth-order valence-electron chi connectivity index (χ4n) is 3.56. The zero-order chi connectivity index (χ0) is 23.8. The third kappa shape index (κ3) is 6.74. The van der Waals surface area contributed by atoms with Crippen molar-refractivity contribution in [1.82, 2.24) is 14.7 Å². The second-order valence-corrected chi connectivity index (χ2v) is 8.18. The lowest BCUT2D eigenvalue weighted by molar-refractivity contribution is 0.0177. The average Bonchev–Trinajstić information content (AvgIpc) is 3.09. The van der Waals surface area contributed by atoms with E-state index in [1.54, 1.807) is 22.9 Å². The molecule has 0 aliphatic carbocycles. The Morgan fingerprint density at radius 1 is 1.18 bits per heavy atom. The molecule has 2 aromatic carbocycles. The number of ether oxygens (including phenoxy) is 2. The van der Waals surface area contributed by atoms with Crippen LogP contribution in [0.2, 0.25) is 0 Å². The quantitative estimate of drug-likeness (QED) is 0.316. The zero-order valence-electron chi connectivity index (χ0n) is 19.4. The number of benzene rings is 2. The van der Waals surface area contributed by atoms with Gasteiger partial charge in [-0.1, -0.05) is 42.5 Å². The van der Waals surface area contributed by atoms with Crippen molar-refractivity contribution in [3.63, 3.8) is 0 Å². The van der Waals surface area contributed by atoms with Crippen LogP contribution in [-0.2, 0) is 18.3 Å². The van der Waals surface area contributed by atoms with E-state index >= 15 is 0 Å². The molecular weight excluding hydrogens is 421 g/mol. The number of nitrogens with zero attached hydrogens (tertiary/aromatic N) is 3. The Morgan fingerprint density at radius 3 is 2.61 bits per heavy atom. The van der Waals surface area contributed by atoms with Crippen molar-refractivity contribution in [2.45, 2.75) is 32.5 Å². The molecule has 0 aliphatic rings. The van der Waals surface area contributed by atoms with E-state index in [1.807, 2.05) is 37.4 Å². The molecular formula is C26H32FN3O3. The number of hydrogen-bond donors (Lipinski definition) is 1. The lowest BCUT2D eigenvalue weighted by Gasteiger charge is -2.29. The summed E-state index contributed by atoms with van der Waals surface area (Å²) in [6.45, 7) is 9.29. The second kappa shape index (κ2) is 11.7. The summed E-state index contributed by atoms with van der Waals surface area (Å²) in [5.41, 5.74) is 2.60. The predicted molar refractivity (Wildman–Crippen MR) is 128 cm³/mol. The minimum atomic E-state index is -0.656. The van der Waals surface area contributed by atoms with Crippen LogP contribution in [0.5, 0.6) is 11.6 Å². The number of aromatic nitrogens is 2. The van der Waals surface area contributed by atoms with Gasteiger partial charge in [-0.15, -0.1) is 6.58 Å². The molecule has 0 unspecified atom stereocenters. The molecule has 1 N–H and O–H groups in total. The lowest BCUT2D eigenvalue weighted by atomic mass is 10.1. The van der Waals surface area contributed by atoms with Gasteiger partial charge >= 0.3 is 0 Å². The molecule has 1 heterocycles. The monoisotopic (exact) mass is 453 g/mol. The number of aliphatic hydroxyl groups is 1. The number of aliphatic hydroxyl groups excluding tert-OH is 1. The van der Waals surface area contributed by atoms with E-state index in [0.717, 1.165) is 16.8 Å². The summed E-state index contributed by atoms with van der Waals surface area (Å²) < 4.78 is 27.0. The van der Waals surface area contributed by atoms with Crippen LogP contribution in [0.25, 0.3) is 11.3 Å². The molecule has 0 spiro atoms. The minimum absolute atomic E-state index is 0.143. The summed E-state index contributed by atoms with van der Waals surface area (Å²) in [5, 5.41) is 15.2. The maximum absolute atomic E-state index is 13.8. The molecule has 0 saturated carbocycles. The van der Waals surface area contributed by atoms with Crippen LogP contribution in [-0.4, -0.2) is 51.7 Å². The highest BCUT2D eigenvalue weighted by molar-refractivity contribution is 5.65. The molecule has 0 fully saturated rings. The van der Waals surface area contributed by atoms with Crippen molar-refractivity contribution < 1.29 is 19.0 Å². The number of hydrogen-bond acceptors (Lipinski definition) is 5. The Morgan fingerprint density at radius 2 is 1.94 bits per heavy atom. The van der Waals surface area contributed by atoms with Gasteiger partial charge in [-0.3, -0.25) is 4.90 Å². The van der Waals surface area contributed by atoms with E-state index in [4.69, 9.17) is 14.6 Å². The Bertz CT molecular complexity index is 1040. The molecule has 0 amide bonds. The van der Waals surface area contributed by atoms with E-state index in [9.17, 15) is 9.50 Å². The average molecular weight is 454 g/mol. The van der Waals surface area contributed by atoms with Crippen LogP contribution in [0.1, 0.15) is 19.4 Å². The summed E-state index contributed by atoms with van der Waals surface area (Å²) in [6.07, 6.45) is 1.00. The summed E-state index contributed by atoms with van der Waals surface area (Å²) in [7, 11) is 1.81. The number of rotatable bonds is 12. The topological polar surface area (TPSA) is 59.8 Å². The molecule has 1 aromatic heterocycles. The normalized spacial score (nSPS) is 12.3. The Hall–Kier alpha value is -3.00. The van der Waals surface area contributed by atoms with Crippen LogP contribution in [0.4, 0.5) is 4.39 Å². The first-order valence-electron chi connectivity index (χ1n) is 11.0. The molecule has 0 aliphatic heterocycles. The largest absolute Gasteiger partial charge is 0.439 e. The zero-order valence-corrected chi connectivity index (χ0v) is 19.4. The van der Waals surface area contributed by atoms with Crippen molar-refractivity contribution in [2.75, 3.05) is 19.8 Å². The van der Waals surface area contributed by atoms with Crippen molar-refractivity contribution in [2.24, 2.45) is 7.05 Å². The van der Waals surface area contributed by atoms with Gasteiger partial charge in [0.15, 0.2) is 0 Å². The molecule has 0 radical (unpaired) electrons.